The smallest absolute Gasteiger partial charge is 0.114 e. The van der Waals surface area contributed by atoms with Gasteiger partial charge in [-0.3, -0.25) is 0 Å². The highest BCUT2D eigenvalue weighted by Gasteiger charge is 2.06. The monoisotopic (exact) mass is 191 g/mol. The summed E-state index contributed by atoms with van der Waals surface area (Å²) in [6, 6.07) is 1.96. The summed E-state index contributed by atoms with van der Waals surface area (Å²) in [5.74, 6) is 0. The van der Waals surface area contributed by atoms with Crippen molar-refractivity contribution in [1.29, 1.82) is 5.26 Å². The number of nitrogens with zero attached hydrogens (tertiary/aromatic N) is 1. The molecule has 0 radical (unpaired) electrons. The molecule has 0 saturated carbocycles. The second kappa shape index (κ2) is 6.22. The normalized spacial score (nSPS) is 15.1. The Kier molecular flexibility index (Phi) is 6.04. The molecule has 0 aromatic heterocycles. The van der Waals surface area contributed by atoms with Crippen LogP contribution in [-0.4, -0.2) is 37.9 Å². The summed E-state index contributed by atoms with van der Waals surface area (Å²) in [4.78, 5) is 0. The number of rotatable bonds is 6. The minimum Gasteiger partial charge on any atom is -0.394 e. The van der Waals surface area contributed by atoms with E-state index in [2.05, 4.69) is 6.30 Å². The van der Waals surface area contributed by atoms with Gasteiger partial charge in [0.05, 0.1) is 32.3 Å². The first-order valence-corrected chi connectivity index (χ1v) is 5.86. The van der Waals surface area contributed by atoms with E-state index < -0.39 is 7.34 Å². The third-order valence-corrected chi connectivity index (χ3v) is 2.49. The Morgan fingerprint density at radius 1 is 1.50 bits per heavy atom. The summed E-state index contributed by atoms with van der Waals surface area (Å²) < 4.78 is 10.4. The highest BCUT2D eigenvalue weighted by atomic mass is 31.2. The van der Waals surface area contributed by atoms with Gasteiger partial charge in [-0.05, 0) is 0 Å². The van der Waals surface area contributed by atoms with E-state index in [0.717, 1.165) is 0 Å². The highest BCUT2D eigenvalue weighted by molar-refractivity contribution is 7.63. The minimum absolute atomic E-state index is 0.0350. The molecule has 0 aliphatic carbocycles. The van der Waals surface area contributed by atoms with Crippen molar-refractivity contribution < 1.29 is 14.2 Å². The van der Waals surface area contributed by atoms with E-state index in [9.17, 15) is 0 Å². The summed E-state index contributed by atoms with van der Waals surface area (Å²) in [6.45, 7) is 2.29. The first-order chi connectivity index (χ1) is 5.62. The molecule has 12 heavy (non-hydrogen) atoms. The van der Waals surface area contributed by atoms with Crippen LogP contribution in [0.3, 0.4) is 0 Å². The molecule has 0 amide bonds. The van der Waals surface area contributed by atoms with Gasteiger partial charge in [0.1, 0.15) is 7.34 Å². The fourth-order valence-electron chi connectivity index (χ4n) is 0.556. The van der Waals surface area contributed by atoms with E-state index in [1.807, 2.05) is 6.07 Å². The standard InChI is InChI=1S/C7H14NO3P/c1-12(2,11-7-5-9)10-6-3-4-8/h9H,1,3,5-7H2,2H3. The van der Waals surface area contributed by atoms with E-state index in [4.69, 9.17) is 19.4 Å². The van der Waals surface area contributed by atoms with Gasteiger partial charge in [-0.2, -0.15) is 5.26 Å². The Bertz CT molecular complexity index is 199. The molecule has 0 aromatic rings. The van der Waals surface area contributed by atoms with E-state index in [-0.39, 0.29) is 13.2 Å². The maximum Gasteiger partial charge on any atom is 0.114 e. The number of hydrogen-bond donors (Lipinski definition) is 1. The maximum absolute atomic E-state index is 8.46. The van der Waals surface area contributed by atoms with Crippen molar-refractivity contribution in [3.63, 3.8) is 0 Å². The van der Waals surface area contributed by atoms with Crippen molar-refractivity contribution in [2.45, 2.75) is 6.42 Å². The maximum atomic E-state index is 8.46. The molecule has 0 rings (SSSR count). The van der Waals surface area contributed by atoms with Crippen LogP contribution < -0.4 is 0 Å². The molecule has 0 spiro atoms. The quantitative estimate of drug-likeness (QED) is 0.499. The molecule has 4 nitrogen and oxygen atoms in total. The molecule has 5 heteroatoms. The zero-order chi connectivity index (χ0) is 9.45. The van der Waals surface area contributed by atoms with Gasteiger partial charge in [-0.1, -0.05) is 6.30 Å². The summed E-state index contributed by atoms with van der Waals surface area (Å²) in [6.07, 6.45) is 4.07. The van der Waals surface area contributed by atoms with Gasteiger partial charge in [0, 0.05) is 6.66 Å². The first kappa shape index (κ1) is 11.7. The molecule has 0 saturated heterocycles. The van der Waals surface area contributed by atoms with E-state index in [1.165, 1.54) is 0 Å². The molecule has 1 unspecified atom stereocenters. The van der Waals surface area contributed by atoms with Crippen LogP contribution in [0.4, 0.5) is 0 Å². The fourth-order valence-corrected chi connectivity index (χ4v) is 1.58. The molecule has 1 atom stereocenters. The number of nitriles is 1. The summed E-state index contributed by atoms with van der Waals surface area (Å²) in [5.41, 5.74) is 0. The van der Waals surface area contributed by atoms with Gasteiger partial charge in [-0.25, -0.2) is 0 Å². The predicted molar refractivity (Wildman–Crippen MR) is 49.2 cm³/mol. The molecule has 0 bridgehead atoms. The van der Waals surface area contributed by atoms with Crippen molar-refractivity contribution in [2.75, 3.05) is 26.5 Å². The van der Waals surface area contributed by atoms with Gasteiger partial charge in [0.15, 0.2) is 0 Å². The lowest BCUT2D eigenvalue weighted by Crippen LogP contribution is -2.00. The van der Waals surface area contributed by atoms with Crippen molar-refractivity contribution >= 4 is 13.6 Å². The van der Waals surface area contributed by atoms with Crippen LogP contribution in [0.1, 0.15) is 6.42 Å². The molecule has 0 aromatic carbocycles. The highest BCUT2D eigenvalue weighted by Crippen LogP contribution is 2.42. The zero-order valence-electron chi connectivity index (χ0n) is 7.19. The van der Waals surface area contributed by atoms with Gasteiger partial charge < -0.3 is 14.2 Å². The van der Waals surface area contributed by atoms with Crippen molar-refractivity contribution in [3.05, 3.63) is 0 Å². The Hall–Kier alpha value is -0.330. The van der Waals surface area contributed by atoms with Crippen molar-refractivity contribution in [3.8, 4) is 6.07 Å². The fraction of sp³-hybridized carbons (Fsp3) is 0.714. The van der Waals surface area contributed by atoms with Crippen molar-refractivity contribution in [1.82, 2.24) is 0 Å². The summed E-state index contributed by atoms with van der Waals surface area (Å²) in [5, 5.41) is 16.7. The number of aliphatic hydroxyl groups is 1. The lowest BCUT2D eigenvalue weighted by atomic mass is 10.5. The molecular weight excluding hydrogens is 177 g/mol. The Morgan fingerprint density at radius 2 is 2.08 bits per heavy atom. The third-order valence-electron chi connectivity index (χ3n) is 1.03. The van der Waals surface area contributed by atoms with E-state index in [0.29, 0.717) is 13.0 Å². The van der Waals surface area contributed by atoms with Gasteiger partial charge in [0.2, 0.25) is 0 Å². The van der Waals surface area contributed by atoms with Gasteiger partial charge >= 0.3 is 0 Å². The second-order valence-corrected chi connectivity index (χ2v) is 4.86. The average Bonchev–Trinajstić information content (AvgIpc) is 2.01. The molecular formula is C7H14NO3P. The van der Waals surface area contributed by atoms with Crippen LogP contribution in [0.15, 0.2) is 0 Å². The van der Waals surface area contributed by atoms with Crippen LogP contribution in [0.5, 0.6) is 0 Å². The SMILES string of the molecule is C=P(C)(OCCO)OCCC#N. The Morgan fingerprint density at radius 3 is 2.58 bits per heavy atom. The van der Waals surface area contributed by atoms with Crippen LogP contribution in [0, 0.1) is 11.3 Å². The van der Waals surface area contributed by atoms with Crippen LogP contribution in [0.2, 0.25) is 0 Å². The number of hydrogen-bond acceptors (Lipinski definition) is 4. The van der Waals surface area contributed by atoms with Gasteiger partial charge in [0.25, 0.3) is 0 Å². The summed E-state index contributed by atoms with van der Waals surface area (Å²) in [7, 11) is -2.05. The lowest BCUT2D eigenvalue weighted by Gasteiger charge is -2.18. The Labute approximate surface area is 72.9 Å². The average molecular weight is 191 g/mol. The minimum atomic E-state index is -2.05. The largest absolute Gasteiger partial charge is 0.394 e. The Balaban J connectivity index is 3.58. The molecule has 1 N–H and O–H groups in total. The van der Waals surface area contributed by atoms with Crippen LogP contribution in [0.25, 0.3) is 0 Å². The van der Waals surface area contributed by atoms with Crippen LogP contribution >= 0.6 is 7.34 Å². The molecule has 0 aliphatic heterocycles. The van der Waals surface area contributed by atoms with E-state index in [1.54, 1.807) is 6.66 Å². The molecule has 0 aliphatic rings. The summed E-state index contributed by atoms with van der Waals surface area (Å²) >= 11 is 0. The van der Waals surface area contributed by atoms with Crippen LogP contribution in [-0.2, 0) is 9.05 Å². The molecule has 0 fully saturated rings. The van der Waals surface area contributed by atoms with E-state index >= 15 is 0 Å². The molecule has 0 heterocycles. The first-order valence-electron chi connectivity index (χ1n) is 3.60. The topological polar surface area (TPSA) is 62.5 Å². The third kappa shape index (κ3) is 6.38. The molecule has 70 valence electrons. The number of aliphatic hydroxyl groups excluding tert-OH is 1. The zero-order valence-corrected chi connectivity index (χ0v) is 8.09. The van der Waals surface area contributed by atoms with Crippen molar-refractivity contribution in [2.24, 2.45) is 0 Å². The van der Waals surface area contributed by atoms with Gasteiger partial charge in [-0.15, -0.1) is 0 Å². The second-order valence-electron chi connectivity index (χ2n) is 2.31. The lowest BCUT2D eigenvalue weighted by molar-refractivity contribution is 0.186. The predicted octanol–water partition coefficient (Wildman–Crippen LogP) is 0.835.